The van der Waals surface area contributed by atoms with Crippen LogP contribution >= 0.6 is 0 Å². The molecule has 0 fully saturated rings. The summed E-state index contributed by atoms with van der Waals surface area (Å²) in [5, 5.41) is 3.48. The molecule has 0 saturated heterocycles. The number of hydrogen-bond donors (Lipinski definition) is 1. The van der Waals surface area contributed by atoms with Crippen molar-refractivity contribution in [2.24, 2.45) is 5.11 Å². The third-order valence-electron chi connectivity index (χ3n) is 2.71. The molecule has 0 aromatic heterocycles. The van der Waals surface area contributed by atoms with Gasteiger partial charge in [0.05, 0.1) is 0 Å². The maximum absolute atomic E-state index is 8.17. The molecule has 0 atom stereocenters. The van der Waals surface area contributed by atoms with Crippen molar-refractivity contribution in [3.8, 4) is 0 Å². The van der Waals surface area contributed by atoms with Gasteiger partial charge in [0.15, 0.2) is 0 Å². The first kappa shape index (κ1) is 14.1. The van der Waals surface area contributed by atoms with Gasteiger partial charge in [0.1, 0.15) is 0 Å². The van der Waals surface area contributed by atoms with E-state index in [0.717, 1.165) is 17.7 Å². The van der Waals surface area contributed by atoms with E-state index < -0.39 is 0 Å². The third-order valence-corrected chi connectivity index (χ3v) is 2.71. The van der Waals surface area contributed by atoms with Crippen LogP contribution in [0.4, 0.5) is 5.69 Å². The van der Waals surface area contributed by atoms with Crippen LogP contribution in [0.25, 0.3) is 16.5 Å². The lowest BCUT2D eigenvalue weighted by Crippen LogP contribution is -2.11. The number of benzene rings is 1. The molecule has 0 spiro atoms. The molecule has 0 aliphatic carbocycles. The number of hydrogen-bond acceptors (Lipinski definition) is 2. The summed E-state index contributed by atoms with van der Waals surface area (Å²) in [5.41, 5.74) is 17.3. The van der Waals surface area contributed by atoms with Crippen LogP contribution in [0, 0.1) is 0 Å². The summed E-state index contributed by atoms with van der Waals surface area (Å²) in [6.07, 6.45) is 4.69. The van der Waals surface area contributed by atoms with Crippen LogP contribution in [-0.2, 0) is 5.41 Å². The van der Waals surface area contributed by atoms with E-state index in [-0.39, 0.29) is 5.41 Å². The van der Waals surface area contributed by atoms with Gasteiger partial charge in [-0.15, -0.1) is 0 Å². The van der Waals surface area contributed by atoms with E-state index in [1.807, 2.05) is 18.2 Å². The van der Waals surface area contributed by atoms with Gasteiger partial charge in [-0.25, -0.2) is 0 Å². The Hall–Kier alpha value is -1.93. The first-order valence-corrected chi connectivity index (χ1v) is 6.02. The van der Waals surface area contributed by atoms with Gasteiger partial charge >= 0.3 is 0 Å². The molecule has 1 aromatic rings. The maximum atomic E-state index is 8.17. The molecule has 96 valence electrons. The highest BCUT2D eigenvalue weighted by Gasteiger charge is 2.13. The van der Waals surface area contributed by atoms with Crippen LogP contribution in [0.5, 0.6) is 0 Å². The average molecular weight is 244 g/mol. The van der Waals surface area contributed by atoms with Crippen molar-refractivity contribution in [3.63, 3.8) is 0 Å². The second-order valence-electron chi connectivity index (χ2n) is 5.24. The fourth-order valence-corrected chi connectivity index (χ4v) is 1.57. The number of anilines is 1. The van der Waals surface area contributed by atoms with Gasteiger partial charge in [-0.05, 0) is 40.6 Å². The number of nitrogens with zero attached hydrogens (tertiary/aromatic N) is 3. The maximum Gasteiger partial charge on any atom is 0.0387 e. The summed E-state index contributed by atoms with van der Waals surface area (Å²) in [7, 11) is 0. The second-order valence-corrected chi connectivity index (χ2v) is 5.24. The molecule has 2 N–H and O–H groups in total. The quantitative estimate of drug-likeness (QED) is 0.277. The van der Waals surface area contributed by atoms with Crippen LogP contribution in [0.15, 0.2) is 29.4 Å². The zero-order valence-corrected chi connectivity index (χ0v) is 11.2. The average Bonchev–Trinajstić information content (AvgIpc) is 2.29. The van der Waals surface area contributed by atoms with E-state index in [1.165, 1.54) is 5.56 Å². The molecule has 1 aromatic carbocycles. The molecule has 0 saturated carbocycles. The Kier molecular flexibility index (Phi) is 4.81. The van der Waals surface area contributed by atoms with Crippen molar-refractivity contribution in [3.05, 3.63) is 45.8 Å². The summed E-state index contributed by atoms with van der Waals surface area (Å²) in [6.45, 7) is 7.00. The molecule has 0 aliphatic heterocycles. The highest BCUT2D eigenvalue weighted by atomic mass is 15.1. The van der Waals surface area contributed by atoms with Gasteiger partial charge in [-0.3, -0.25) is 0 Å². The molecular weight excluding hydrogens is 224 g/mol. The van der Waals surface area contributed by atoms with Gasteiger partial charge in [0, 0.05) is 17.1 Å². The summed E-state index contributed by atoms with van der Waals surface area (Å²) < 4.78 is 0. The second kappa shape index (κ2) is 6.12. The molecule has 0 unspecified atom stereocenters. The van der Waals surface area contributed by atoms with E-state index in [1.54, 1.807) is 0 Å². The number of rotatable bonds is 4. The van der Waals surface area contributed by atoms with Gasteiger partial charge < -0.3 is 5.73 Å². The molecule has 0 bridgehead atoms. The Morgan fingerprint density at radius 2 is 2.11 bits per heavy atom. The predicted molar refractivity (Wildman–Crippen MR) is 77.2 cm³/mol. The van der Waals surface area contributed by atoms with Crippen molar-refractivity contribution >= 4 is 11.8 Å². The largest absolute Gasteiger partial charge is 0.398 e. The van der Waals surface area contributed by atoms with Crippen molar-refractivity contribution in [1.29, 1.82) is 0 Å². The van der Waals surface area contributed by atoms with E-state index in [2.05, 4.69) is 42.9 Å². The van der Waals surface area contributed by atoms with Crippen LogP contribution in [0.2, 0.25) is 0 Å². The zero-order chi connectivity index (χ0) is 13.6. The molecular formula is C14H20N4. The summed E-state index contributed by atoms with van der Waals surface area (Å²) in [4.78, 5) is 2.71. The van der Waals surface area contributed by atoms with Crippen LogP contribution < -0.4 is 5.73 Å². The number of nitrogens with two attached hydrogens (primary N) is 1. The Labute approximate surface area is 108 Å². The summed E-state index contributed by atoms with van der Waals surface area (Å²) >= 11 is 0. The Morgan fingerprint density at radius 3 is 2.72 bits per heavy atom. The highest BCUT2D eigenvalue weighted by molar-refractivity contribution is 5.65. The molecule has 4 heteroatoms. The Morgan fingerprint density at radius 1 is 1.39 bits per heavy atom. The minimum absolute atomic E-state index is 0.112. The normalized spacial score (nSPS) is 11.5. The Bertz CT molecular complexity index is 477. The summed E-state index contributed by atoms with van der Waals surface area (Å²) in [6, 6.07) is 6.11. The molecule has 0 aliphatic rings. The lowest BCUT2D eigenvalue weighted by atomic mass is 9.86. The predicted octanol–water partition coefficient (Wildman–Crippen LogP) is 4.28. The zero-order valence-electron chi connectivity index (χ0n) is 11.2. The number of nitrogen functional groups attached to an aromatic ring is 1. The number of azide groups is 1. The molecule has 18 heavy (non-hydrogen) atoms. The van der Waals surface area contributed by atoms with Crippen LogP contribution in [0.1, 0.15) is 38.3 Å². The molecule has 0 heterocycles. The van der Waals surface area contributed by atoms with Gasteiger partial charge in [0.2, 0.25) is 0 Å². The van der Waals surface area contributed by atoms with Crippen molar-refractivity contribution in [1.82, 2.24) is 0 Å². The SMILES string of the molecule is CC(C)(C)c1ccc(N)c(C=CCCN=[N+]=[N-])c1. The van der Waals surface area contributed by atoms with Crippen molar-refractivity contribution in [2.75, 3.05) is 12.3 Å². The molecule has 0 amide bonds. The summed E-state index contributed by atoms with van der Waals surface area (Å²) in [5.74, 6) is 0. The van der Waals surface area contributed by atoms with E-state index in [0.29, 0.717) is 6.54 Å². The fraction of sp³-hybridized carbons (Fsp3) is 0.429. The standard InChI is InChI=1S/C14H20N4/c1-14(2,3)12-7-8-13(15)11(10-12)6-4-5-9-17-18-16/h4,6-8,10H,5,9,15H2,1-3H3. The lowest BCUT2D eigenvalue weighted by Gasteiger charge is -2.20. The smallest absolute Gasteiger partial charge is 0.0387 e. The van der Waals surface area contributed by atoms with E-state index >= 15 is 0 Å². The van der Waals surface area contributed by atoms with Gasteiger partial charge in [-0.2, -0.15) is 0 Å². The van der Waals surface area contributed by atoms with Gasteiger partial charge in [0.25, 0.3) is 0 Å². The van der Waals surface area contributed by atoms with Crippen LogP contribution in [0.3, 0.4) is 0 Å². The minimum atomic E-state index is 0.112. The Balaban J connectivity index is 2.84. The first-order valence-electron chi connectivity index (χ1n) is 6.02. The minimum Gasteiger partial charge on any atom is -0.398 e. The third kappa shape index (κ3) is 4.15. The molecule has 0 radical (unpaired) electrons. The first-order chi connectivity index (χ1) is 8.45. The van der Waals surface area contributed by atoms with Gasteiger partial charge in [-0.1, -0.05) is 44.1 Å². The highest BCUT2D eigenvalue weighted by Crippen LogP contribution is 2.26. The molecule has 1 rings (SSSR count). The van der Waals surface area contributed by atoms with E-state index in [4.69, 9.17) is 11.3 Å². The van der Waals surface area contributed by atoms with E-state index in [9.17, 15) is 0 Å². The fourth-order valence-electron chi connectivity index (χ4n) is 1.57. The monoisotopic (exact) mass is 244 g/mol. The van der Waals surface area contributed by atoms with Crippen LogP contribution in [-0.4, -0.2) is 6.54 Å². The van der Waals surface area contributed by atoms with Crippen molar-refractivity contribution < 1.29 is 0 Å². The molecule has 4 nitrogen and oxygen atoms in total. The van der Waals surface area contributed by atoms with Crippen molar-refractivity contribution in [2.45, 2.75) is 32.6 Å². The lowest BCUT2D eigenvalue weighted by molar-refractivity contribution is 0.590. The topological polar surface area (TPSA) is 74.8 Å².